The van der Waals surface area contributed by atoms with E-state index >= 15 is 0 Å². The first-order valence-electron chi connectivity index (χ1n) is 13.3. The van der Waals surface area contributed by atoms with Crippen LogP contribution in [0.15, 0.2) is 29.4 Å². The second kappa shape index (κ2) is 16.7. The highest BCUT2D eigenvalue weighted by molar-refractivity contribution is 5.85. The maximum atomic E-state index is 6.33. The van der Waals surface area contributed by atoms with Gasteiger partial charge in [-0.2, -0.15) is 5.53 Å². The normalized spacial score (nSPS) is 10.7. The Morgan fingerprint density at radius 3 is 1.83 bits per heavy atom. The summed E-state index contributed by atoms with van der Waals surface area (Å²) < 4.78 is 29.4. The van der Waals surface area contributed by atoms with Crippen LogP contribution in [0.25, 0.3) is 11.1 Å². The lowest BCUT2D eigenvalue weighted by Gasteiger charge is -2.20. The molecule has 2 aromatic rings. The van der Waals surface area contributed by atoms with Gasteiger partial charge in [-0.3, -0.25) is 0 Å². The highest BCUT2D eigenvalue weighted by atomic mass is 16.5. The van der Waals surface area contributed by atoms with Gasteiger partial charge in [0.1, 0.15) is 11.5 Å². The van der Waals surface area contributed by atoms with Gasteiger partial charge >= 0.3 is 0 Å². The van der Waals surface area contributed by atoms with Gasteiger partial charge < -0.3 is 23.7 Å². The number of hydrogen-bond acceptors (Lipinski definition) is 6. The lowest BCUT2D eigenvalue weighted by atomic mass is 10.0. The molecular weight excluding hydrogens is 456 g/mol. The van der Waals surface area contributed by atoms with Crippen molar-refractivity contribution >= 4 is 5.69 Å². The van der Waals surface area contributed by atoms with Crippen molar-refractivity contribution < 1.29 is 29.2 Å². The van der Waals surface area contributed by atoms with Crippen LogP contribution in [-0.2, 0) is 0 Å². The summed E-state index contributed by atoms with van der Waals surface area (Å²) >= 11 is 0. The van der Waals surface area contributed by atoms with E-state index in [9.17, 15) is 0 Å². The smallest absolute Gasteiger partial charge is 0.217 e. The minimum atomic E-state index is 0.447. The third kappa shape index (κ3) is 8.32. The van der Waals surface area contributed by atoms with Gasteiger partial charge in [0.2, 0.25) is 5.69 Å². The Hall–Kier alpha value is -2.96. The second-order valence-corrected chi connectivity index (χ2v) is 8.85. The minimum absolute atomic E-state index is 0.447. The molecule has 0 heterocycles. The topological polar surface area (TPSA) is 84.1 Å². The van der Waals surface area contributed by atoms with Gasteiger partial charge in [0.25, 0.3) is 0 Å². The molecule has 0 radical (unpaired) electrons. The van der Waals surface area contributed by atoms with Gasteiger partial charge in [-0.25, -0.2) is 0 Å². The number of methoxy groups -OCH3 is 3. The third-order valence-corrected chi connectivity index (χ3v) is 6.21. The number of ether oxygens (including phenoxy) is 5. The van der Waals surface area contributed by atoms with Crippen molar-refractivity contribution in [3.8, 4) is 39.9 Å². The van der Waals surface area contributed by atoms with Crippen LogP contribution < -0.4 is 29.2 Å². The van der Waals surface area contributed by atoms with Crippen LogP contribution in [0.1, 0.15) is 78.1 Å². The van der Waals surface area contributed by atoms with E-state index in [0.29, 0.717) is 47.6 Å². The van der Waals surface area contributed by atoms with Gasteiger partial charge in [0.15, 0.2) is 17.2 Å². The van der Waals surface area contributed by atoms with Gasteiger partial charge in [-0.05, 0) is 36.2 Å². The van der Waals surface area contributed by atoms with Crippen LogP contribution in [-0.4, -0.2) is 34.5 Å². The van der Waals surface area contributed by atoms with Crippen LogP contribution in [0, 0.1) is 0 Å². The van der Waals surface area contributed by atoms with Gasteiger partial charge in [-0.1, -0.05) is 65.2 Å². The van der Waals surface area contributed by atoms with Crippen LogP contribution >= 0.6 is 0 Å². The molecule has 0 aliphatic heterocycles. The third-order valence-electron chi connectivity index (χ3n) is 6.21. The Labute approximate surface area is 216 Å². The van der Waals surface area contributed by atoms with E-state index in [1.54, 1.807) is 21.3 Å². The molecule has 0 spiro atoms. The molecule has 2 aromatic carbocycles. The Morgan fingerprint density at radius 1 is 0.639 bits per heavy atom. The van der Waals surface area contributed by atoms with Gasteiger partial charge in [0.05, 0.1) is 34.5 Å². The summed E-state index contributed by atoms with van der Waals surface area (Å²) in [6.07, 6.45) is 11.4. The van der Waals surface area contributed by atoms with E-state index in [4.69, 9.17) is 29.2 Å². The maximum Gasteiger partial charge on any atom is 0.217 e. The van der Waals surface area contributed by atoms with Crippen molar-refractivity contribution in [2.24, 2.45) is 5.11 Å². The highest BCUT2D eigenvalue weighted by Crippen LogP contribution is 2.51. The molecule has 0 saturated heterocycles. The molecule has 0 aliphatic carbocycles. The summed E-state index contributed by atoms with van der Waals surface area (Å²) in [4.78, 5) is 0. The van der Waals surface area contributed by atoms with Crippen LogP contribution in [0.5, 0.6) is 28.7 Å². The molecule has 0 aliphatic rings. The first-order valence-corrected chi connectivity index (χ1v) is 13.3. The average molecular weight is 502 g/mol. The predicted octanol–water partition coefficient (Wildman–Crippen LogP) is 6.92. The summed E-state index contributed by atoms with van der Waals surface area (Å²) in [5, 5.41) is 4.02. The standard InChI is InChI=1S/C29H44N2O5/c1-6-8-10-12-14-18-35-26-21-24(23-17-16-22(32-3)20-25(23)33-4)28(29(34-5)27(26)31-30)36-19-15-13-11-9-7-2/h16-17,20-21,30H,6-15,18-19H2,1-5H3/p+1. The molecular formula is C29H45N2O5+. The van der Waals surface area contributed by atoms with E-state index in [1.165, 1.54) is 38.5 Å². The van der Waals surface area contributed by atoms with Crippen LogP contribution in [0.2, 0.25) is 0 Å². The number of nitrogens with zero attached hydrogens (tertiary/aromatic N) is 1. The van der Waals surface area contributed by atoms with Crippen molar-refractivity contribution in [2.45, 2.75) is 78.1 Å². The van der Waals surface area contributed by atoms with Crippen LogP contribution in [0.3, 0.4) is 0 Å². The average Bonchev–Trinajstić information content (AvgIpc) is 2.91. The molecule has 7 nitrogen and oxygen atoms in total. The second-order valence-electron chi connectivity index (χ2n) is 8.85. The summed E-state index contributed by atoms with van der Waals surface area (Å²) in [6, 6.07) is 7.63. The van der Waals surface area contributed by atoms with E-state index in [1.807, 2.05) is 24.3 Å². The quantitative estimate of drug-likeness (QED) is 0.167. The number of rotatable bonds is 19. The predicted molar refractivity (Wildman–Crippen MR) is 144 cm³/mol. The van der Waals surface area contributed by atoms with Crippen molar-refractivity contribution in [3.63, 3.8) is 0 Å². The number of nitrogens with two attached hydrogens (primary N) is 1. The zero-order valence-electron chi connectivity index (χ0n) is 22.9. The Balaban J connectivity index is 2.45. The first-order chi connectivity index (χ1) is 17.6. The Bertz CT molecular complexity index is 932. The molecule has 0 saturated carbocycles. The zero-order valence-corrected chi connectivity index (χ0v) is 22.9. The molecule has 0 amide bonds. The van der Waals surface area contributed by atoms with E-state index < -0.39 is 0 Å². The lowest BCUT2D eigenvalue weighted by Crippen LogP contribution is -2.22. The lowest BCUT2D eigenvalue weighted by molar-refractivity contribution is -0.210. The fourth-order valence-corrected chi connectivity index (χ4v) is 4.16. The fourth-order valence-electron chi connectivity index (χ4n) is 4.16. The fraction of sp³-hybridized carbons (Fsp3) is 0.586. The molecule has 7 heteroatoms. The minimum Gasteiger partial charge on any atom is -0.497 e. The van der Waals surface area contributed by atoms with Crippen molar-refractivity contribution in [1.82, 2.24) is 0 Å². The number of benzene rings is 2. The molecule has 0 unspecified atom stereocenters. The molecule has 0 bridgehead atoms. The summed E-state index contributed by atoms with van der Waals surface area (Å²) in [6.45, 7) is 5.56. The Kier molecular flexibility index (Phi) is 13.5. The largest absolute Gasteiger partial charge is 0.497 e. The van der Waals surface area contributed by atoms with E-state index in [2.05, 4.69) is 19.0 Å². The van der Waals surface area contributed by atoms with E-state index in [-0.39, 0.29) is 0 Å². The first kappa shape index (κ1) is 29.3. The molecule has 200 valence electrons. The molecule has 0 aromatic heterocycles. The molecule has 0 atom stereocenters. The zero-order chi connectivity index (χ0) is 26.2. The van der Waals surface area contributed by atoms with Crippen LogP contribution in [0.4, 0.5) is 5.69 Å². The molecule has 0 fully saturated rings. The van der Waals surface area contributed by atoms with E-state index in [0.717, 1.165) is 36.8 Å². The highest BCUT2D eigenvalue weighted by Gasteiger charge is 2.25. The molecule has 2 N–H and O–H groups in total. The van der Waals surface area contributed by atoms with Gasteiger partial charge in [-0.15, -0.1) is 0 Å². The Morgan fingerprint density at radius 2 is 1.28 bits per heavy atom. The molecule has 36 heavy (non-hydrogen) atoms. The van der Waals surface area contributed by atoms with Crippen molar-refractivity contribution in [3.05, 3.63) is 24.3 Å². The van der Waals surface area contributed by atoms with Crippen molar-refractivity contribution in [2.75, 3.05) is 34.5 Å². The maximum absolute atomic E-state index is 6.33. The monoisotopic (exact) mass is 501 g/mol. The van der Waals surface area contributed by atoms with Gasteiger partial charge in [0, 0.05) is 17.2 Å². The SMILES string of the molecule is CCCCCCCOc1cc(-c2ccc(OC)cc2OC)c(OCCCCCCC)c(OC)c1N=[NH2+]. The number of hydrogen-bond donors (Lipinski definition) is 1. The number of unbranched alkanes of at least 4 members (excludes halogenated alkanes) is 8. The summed E-state index contributed by atoms with van der Waals surface area (Å²) in [5.41, 5.74) is 7.91. The summed E-state index contributed by atoms with van der Waals surface area (Å²) in [7, 11) is 4.87. The molecule has 2 rings (SSSR count). The summed E-state index contributed by atoms with van der Waals surface area (Å²) in [5.74, 6) is 2.97. The van der Waals surface area contributed by atoms with Crippen molar-refractivity contribution in [1.29, 1.82) is 0 Å².